The summed E-state index contributed by atoms with van der Waals surface area (Å²) < 4.78 is 1.48. The highest BCUT2D eigenvalue weighted by Gasteiger charge is 2.28. The lowest BCUT2D eigenvalue weighted by Crippen LogP contribution is -2.53. The van der Waals surface area contributed by atoms with Crippen molar-refractivity contribution in [2.75, 3.05) is 11.9 Å². The predicted octanol–water partition coefficient (Wildman–Crippen LogP) is 0.391. The van der Waals surface area contributed by atoms with Gasteiger partial charge in [0.1, 0.15) is 5.82 Å². The molecule has 25 heavy (non-hydrogen) atoms. The van der Waals surface area contributed by atoms with E-state index in [0.717, 1.165) is 19.3 Å². The number of nitrogens with zero attached hydrogens (tertiary/aromatic N) is 2. The Labute approximate surface area is 146 Å². The van der Waals surface area contributed by atoms with E-state index in [9.17, 15) is 14.4 Å². The van der Waals surface area contributed by atoms with Crippen LogP contribution in [0.5, 0.6) is 0 Å². The van der Waals surface area contributed by atoms with Crippen molar-refractivity contribution in [2.45, 2.75) is 58.8 Å². The first-order valence-electron chi connectivity index (χ1n) is 8.65. The molecule has 0 radical (unpaired) electrons. The van der Waals surface area contributed by atoms with Gasteiger partial charge in [-0.25, -0.2) is 4.68 Å². The van der Waals surface area contributed by atoms with Crippen LogP contribution in [0, 0.1) is 6.92 Å². The number of amides is 3. The summed E-state index contributed by atoms with van der Waals surface area (Å²) in [6.07, 6.45) is 2.37. The van der Waals surface area contributed by atoms with Crippen LogP contribution in [-0.4, -0.2) is 40.1 Å². The second-order valence-corrected chi connectivity index (χ2v) is 6.13. The molecule has 9 heteroatoms. The van der Waals surface area contributed by atoms with Crippen molar-refractivity contribution in [1.29, 1.82) is 0 Å². The van der Waals surface area contributed by atoms with E-state index < -0.39 is 18.1 Å². The van der Waals surface area contributed by atoms with Crippen LogP contribution in [0.4, 0.5) is 5.82 Å². The maximum atomic E-state index is 12.1. The summed E-state index contributed by atoms with van der Waals surface area (Å²) in [7, 11) is 0. The Morgan fingerprint density at radius 3 is 2.80 bits per heavy atom. The van der Waals surface area contributed by atoms with Crippen molar-refractivity contribution >= 4 is 23.5 Å². The molecule has 0 aromatic carbocycles. The molecule has 3 amide bonds. The zero-order valence-electron chi connectivity index (χ0n) is 14.9. The monoisotopic (exact) mass is 350 g/mol. The Bertz CT molecular complexity index is 642. The van der Waals surface area contributed by atoms with E-state index in [-0.39, 0.29) is 11.9 Å². The van der Waals surface area contributed by atoms with E-state index in [1.54, 1.807) is 13.0 Å². The number of anilines is 1. The van der Waals surface area contributed by atoms with Gasteiger partial charge in [0.15, 0.2) is 6.29 Å². The third-order valence-corrected chi connectivity index (χ3v) is 3.98. The van der Waals surface area contributed by atoms with E-state index in [1.165, 1.54) is 4.68 Å². The van der Waals surface area contributed by atoms with Gasteiger partial charge in [-0.3, -0.25) is 19.7 Å². The van der Waals surface area contributed by atoms with Gasteiger partial charge >= 0.3 is 11.8 Å². The van der Waals surface area contributed by atoms with E-state index in [0.29, 0.717) is 24.5 Å². The number of nitrogens with one attached hydrogen (secondary N) is 4. The summed E-state index contributed by atoms with van der Waals surface area (Å²) in [6, 6.07) is 1.69. The normalized spacial score (nSPS) is 20.0. The average molecular weight is 350 g/mol. The summed E-state index contributed by atoms with van der Waals surface area (Å²) in [6.45, 7) is 6.22. The third kappa shape index (κ3) is 5.02. The minimum absolute atomic E-state index is 0.0316. The molecule has 9 nitrogen and oxygen atoms in total. The van der Waals surface area contributed by atoms with Gasteiger partial charge in [-0.1, -0.05) is 20.3 Å². The van der Waals surface area contributed by atoms with Crippen LogP contribution < -0.4 is 21.3 Å². The van der Waals surface area contributed by atoms with Crippen LogP contribution in [0.25, 0.3) is 0 Å². The zero-order chi connectivity index (χ0) is 18.4. The molecule has 2 unspecified atom stereocenters. The fourth-order valence-electron chi connectivity index (χ4n) is 2.59. The number of aromatic nitrogens is 2. The molecule has 1 aromatic rings. The fraction of sp³-hybridized carbons (Fsp3) is 0.625. The Kier molecular flexibility index (Phi) is 6.51. The highest BCUT2D eigenvalue weighted by molar-refractivity contribution is 6.39. The van der Waals surface area contributed by atoms with E-state index in [1.807, 2.05) is 13.8 Å². The molecule has 1 fully saturated rings. The van der Waals surface area contributed by atoms with Gasteiger partial charge < -0.3 is 16.0 Å². The highest BCUT2D eigenvalue weighted by atomic mass is 16.2. The highest BCUT2D eigenvalue weighted by Crippen LogP contribution is 2.18. The number of aryl methyl sites for hydroxylation is 1. The van der Waals surface area contributed by atoms with Crippen molar-refractivity contribution in [3.63, 3.8) is 0 Å². The topological polar surface area (TPSA) is 117 Å². The molecule has 0 aliphatic carbocycles. The summed E-state index contributed by atoms with van der Waals surface area (Å²) in [5.74, 6) is -1.18. The Morgan fingerprint density at radius 1 is 1.36 bits per heavy atom. The molecule has 138 valence electrons. The van der Waals surface area contributed by atoms with Crippen molar-refractivity contribution in [3.8, 4) is 0 Å². The molecular formula is C16H26N6O3. The average Bonchev–Trinajstić information content (AvgIpc) is 2.94. The largest absolute Gasteiger partial charge is 0.348 e. The lowest BCUT2D eigenvalue weighted by Gasteiger charge is -2.31. The molecule has 0 saturated carbocycles. The molecule has 2 atom stereocenters. The number of hydrogen-bond donors (Lipinski definition) is 4. The molecule has 2 heterocycles. The summed E-state index contributed by atoms with van der Waals surface area (Å²) in [5, 5.41) is 15.5. The molecule has 0 spiro atoms. The van der Waals surface area contributed by atoms with Gasteiger partial charge in [0.2, 0.25) is 5.91 Å². The van der Waals surface area contributed by atoms with Gasteiger partial charge in [0, 0.05) is 25.1 Å². The summed E-state index contributed by atoms with van der Waals surface area (Å²) in [4.78, 5) is 35.8. The molecule has 1 aliphatic heterocycles. The smallest absolute Gasteiger partial charge is 0.314 e. The number of hydrogen-bond acceptors (Lipinski definition) is 5. The second-order valence-electron chi connectivity index (χ2n) is 6.13. The maximum Gasteiger partial charge on any atom is 0.314 e. The van der Waals surface area contributed by atoms with Gasteiger partial charge in [-0.05, 0) is 19.8 Å². The van der Waals surface area contributed by atoms with Crippen LogP contribution in [-0.2, 0) is 14.4 Å². The van der Waals surface area contributed by atoms with Crippen molar-refractivity contribution < 1.29 is 14.4 Å². The van der Waals surface area contributed by atoms with Crippen molar-refractivity contribution in [3.05, 3.63) is 11.8 Å². The SMILES string of the molecule is CCCCNC(=O)C(=O)Nc1cc(C)nn1C1NC(=O)CC(CC)N1. The minimum atomic E-state index is -0.758. The van der Waals surface area contributed by atoms with Crippen molar-refractivity contribution in [1.82, 2.24) is 25.7 Å². The zero-order valence-corrected chi connectivity index (χ0v) is 14.9. The number of carbonyl (C=O) groups is 3. The number of unbranched alkanes of at least 4 members (excludes halogenated alkanes) is 1. The van der Waals surface area contributed by atoms with Crippen LogP contribution in [0.15, 0.2) is 6.07 Å². The minimum Gasteiger partial charge on any atom is -0.348 e. The number of rotatable bonds is 6. The standard InChI is InChI=1S/C16H26N6O3/c1-4-6-7-17-14(24)15(25)19-12-8-10(3)21-22(12)16-18-11(5-2)9-13(23)20-16/h8,11,16,18H,4-7,9H2,1-3H3,(H,17,24)(H,19,25)(H,20,23). The fourth-order valence-corrected chi connectivity index (χ4v) is 2.59. The van der Waals surface area contributed by atoms with Gasteiger partial charge in [0.05, 0.1) is 5.69 Å². The second kappa shape index (κ2) is 8.61. The third-order valence-electron chi connectivity index (χ3n) is 3.98. The Balaban J connectivity index is 2.08. The summed E-state index contributed by atoms with van der Waals surface area (Å²) >= 11 is 0. The first-order valence-corrected chi connectivity index (χ1v) is 8.65. The first kappa shape index (κ1) is 18.9. The van der Waals surface area contributed by atoms with Crippen LogP contribution in [0.1, 0.15) is 51.5 Å². The van der Waals surface area contributed by atoms with Crippen LogP contribution in [0.3, 0.4) is 0 Å². The lowest BCUT2D eigenvalue weighted by molar-refractivity contribution is -0.136. The quantitative estimate of drug-likeness (QED) is 0.437. The van der Waals surface area contributed by atoms with E-state index in [4.69, 9.17) is 0 Å². The predicted molar refractivity (Wildman–Crippen MR) is 92.5 cm³/mol. The van der Waals surface area contributed by atoms with Crippen LogP contribution >= 0.6 is 0 Å². The Morgan fingerprint density at radius 2 is 2.12 bits per heavy atom. The van der Waals surface area contributed by atoms with Crippen LogP contribution in [0.2, 0.25) is 0 Å². The molecule has 0 bridgehead atoms. The molecule has 4 N–H and O–H groups in total. The molecule has 1 aliphatic rings. The summed E-state index contributed by atoms with van der Waals surface area (Å²) in [5.41, 5.74) is 0.663. The van der Waals surface area contributed by atoms with E-state index >= 15 is 0 Å². The van der Waals surface area contributed by atoms with E-state index in [2.05, 4.69) is 26.4 Å². The molecule has 1 aromatic heterocycles. The van der Waals surface area contributed by atoms with Gasteiger partial charge in [0.25, 0.3) is 0 Å². The molecular weight excluding hydrogens is 324 g/mol. The Hall–Kier alpha value is -2.42. The van der Waals surface area contributed by atoms with Gasteiger partial charge in [-0.2, -0.15) is 5.10 Å². The maximum absolute atomic E-state index is 12.1. The lowest BCUT2D eigenvalue weighted by atomic mass is 10.1. The number of carbonyl (C=O) groups excluding carboxylic acids is 3. The van der Waals surface area contributed by atoms with Gasteiger partial charge in [-0.15, -0.1) is 0 Å². The molecule has 1 saturated heterocycles. The first-order chi connectivity index (χ1) is 11.9. The molecule has 2 rings (SSSR count). The van der Waals surface area contributed by atoms with Crippen molar-refractivity contribution in [2.24, 2.45) is 0 Å².